The van der Waals surface area contributed by atoms with Crippen molar-refractivity contribution >= 4 is 23.2 Å². The van der Waals surface area contributed by atoms with E-state index in [-0.39, 0.29) is 17.2 Å². The topological polar surface area (TPSA) is 67.4 Å². The summed E-state index contributed by atoms with van der Waals surface area (Å²) in [5.74, 6) is 0.143. The Bertz CT molecular complexity index is 1070. The maximum Gasteiger partial charge on any atom is 0.259 e. The van der Waals surface area contributed by atoms with Crippen LogP contribution in [0, 0.1) is 0 Å². The lowest BCUT2D eigenvalue weighted by Gasteiger charge is -2.19. The molecular formula is C27H30N2O3. The van der Waals surface area contributed by atoms with Crippen LogP contribution in [0.3, 0.4) is 0 Å². The van der Waals surface area contributed by atoms with Gasteiger partial charge < -0.3 is 15.4 Å². The number of anilines is 2. The van der Waals surface area contributed by atoms with E-state index in [9.17, 15) is 9.59 Å². The van der Waals surface area contributed by atoms with Crippen LogP contribution in [-0.2, 0) is 5.41 Å². The largest absolute Gasteiger partial charge is 0.493 e. The fraction of sp³-hybridized carbons (Fsp3) is 0.259. The number of nitrogens with one attached hydrogen (secondary N) is 2. The summed E-state index contributed by atoms with van der Waals surface area (Å²) in [6.45, 7) is 8.99. The number of ether oxygens (including phenoxy) is 1. The van der Waals surface area contributed by atoms with Crippen LogP contribution in [0.2, 0.25) is 0 Å². The molecule has 0 atom stereocenters. The molecule has 3 aromatic carbocycles. The number of amides is 2. The highest BCUT2D eigenvalue weighted by molar-refractivity contribution is 6.07. The van der Waals surface area contributed by atoms with Crippen molar-refractivity contribution in [2.75, 3.05) is 17.2 Å². The molecule has 2 N–H and O–H groups in total. The number of para-hydroxylation sites is 1. The Morgan fingerprint density at radius 3 is 1.91 bits per heavy atom. The predicted octanol–water partition coefficient (Wildman–Crippen LogP) is 6.28. The van der Waals surface area contributed by atoms with Crippen molar-refractivity contribution in [1.82, 2.24) is 0 Å². The molecule has 0 aliphatic rings. The Kier molecular flexibility index (Phi) is 7.31. The van der Waals surface area contributed by atoms with E-state index in [4.69, 9.17) is 4.74 Å². The molecule has 0 saturated heterocycles. The summed E-state index contributed by atoms with van der Waals surface area (Å²) in [5, 5.41) is 5.77. The Labute approximate surface area is 189 Å². The van der Waals surface area contributed by atoms with E-state index in [0.717, 1.165) is 6.42 Å². The van der Waals surface area contributed by atoms with Crippen molar-refractivity contribution in [2.24, 2.45) is 0 Å². The highest BCUT2D eigenvalue weighted by atomic mass is 16.5. The second kappa shape index (κ2) is 10.1. The van der Waals surface area contributed by atoms with Crippen molar-refractivity contribution in [1.29, 1.82) is 0 Å². The number of benzene rings is 3. The van der Waals surface area contributed by atoms with Crippen LogP contribution in [0.5, 0.6) is 5.75 Å². The number of rotatable bonds is 7. The van der Waals surface area contributed by atoms with Crippen LogP contribution < -0.4 is 15.4 Å². The molecule has 0 aromatic heterocycles. The van der Waals surface area contributed by atoms with Crippen LogP contribution in [0.15, 0.2) is 72.8 Å². The highest BCUT2D eigenvalue weighted by Crippen LogP contribution is 2.23. The molecule has 3 aromatic rings. The minimum Gasteiger partial charge on any atom is -0.493 e. The summed E-state index contributed by atoms with van der Waals surface area (Å²) in [6.07, 6.45) is 0.865. The van der Waals surface area contributed by atoms with Crippen molar-refractivity contribution in [3.63, 3.8) is 0 Å². The van der Waals surface area contributed by atoms with Gasteiger partial charge in [-0.3, -0.25) is 9.59 Å². The van der Waals surface area contributed by atoms with Crippen molar-refractivity contribution in [3.05, 3.63) is 89.5 Å². The normalized spacial score (nSPS) is 11.0. The van der Waals surface area contributed by atoms with Gasteiger partial charge in [0.15, 0.2) is 0 Å². The molecule has 2 amide bonds. The fourth-order valence-corrected chi connectivity index (χ4v) is 3.15. The van der Waals surface area contributed by atoms with Gasteiger partial charge in [-0.15, -0.1) is 0 Å². The lowest BCUT2D eigenvalue weighted by Crippen LogP contribution is -2.15. The lowest BCUT2D eigenvalue weighted by atomic mass is 9.87. The summed E-state index contributed by atoms with van der Waals surface area (Å²) in [5.41, 5.74) is 3.58. The van der Waals surface area contributed by atoms with Gasteiger partial charge in [-0.1, -0.05) is 52.0 Å². The van der Waals surface area contributed by atoms with Gasteiger partial charge in [0.1, 0.15) is 5.75 Å². The average Bonchev–Trinajstić information content (AvgIpc) is 2.78. The quantitative estimate of drug-likeness (QED) is 0.464. The molecule has 5 nitrogen and oxygen atoms in total. The van der Waals surface area contributed by atoms with Crippen molar-refractivity contribution < 1.29 is 14.3 Å². The summed E-state index contributed by atoms with van der Waals surface area (Å²) in [6, 6.07) is 21.8. The Morgan fingerprint density at radius 2 is 1.34 bits per heavy atom. The first-order chi connectivity index (χ1) is 15.3. The van der Waals surface area contributed by atoms with Gasteiger partial charge in [-0.05, 0) is 65.9 Å². The van der Waals surface area contributed by atoms with Crippen LogP contribution >= 0.6 is 0 Å². The first kappa shape index (κ1) is 23.1. The molecule has 0 spiro atoms. The van der Waals surface area contributed by atoms with Gasteiger partial charge in [-0.2, -0.15) is 0 Å². The number of hydrogen-bond acceptors (Lipinski definition) is 3. The minimum absolute atomic E-state index is 0.0396. The summed E-state index contributed by atoms with van der Waals surface area (Å²) >= 11 is 0. The van der Waals surface area contributed by atoms with Gasteiger partial charge in [0, 0.05) is 16.9 Å². The molecular weight excluding hydrogens is 400 g/mol. The average molecular weight is 431 g/mol. The zero-order valence-electron chi connectivity index (χ0n) is 19.1. The SMILES string of the molecule is CCCOc1ccccc1C(=O)Nc1ccc(NC(=O)c2ccc(C(C)(C)C)cc2)cc1. The first-order valence-electron chi connectivity index (χ1n) is 10.8. The van der Waals surface area contributed by atoms with Crippen LogP contribution in [0.4, 0.5) is 11.4 Å². The van der Waals surface area contributed by atoms with Gasteiger partial charge >= 0.3 is 0 Å². The molecule has 0 unspecified atom stereocenters. The molecule has 0 heterocycles. The van der Waals surface area contributed by atoms with Crippen LogP contribution in [0.1, 0.15) is 60.4 Å². The van der Waals surface area contributed by atoms with Gasteiger partial charge in [0.05, 0.1) is 12.2 Å². The van der Waals surface area contributed by atoms with Gasteiger partial charge in [-0.25, -0.2) is 0 Å². The molecule has 166 valence electrons. The smallest absolute Gasteiger partial charge is 0.259 e. The van der Waals surface area contributed by atoms with E-state index in [1.807, 2.05) is 37.3 Å². The Morgan fingerprint density at radius 1 is 0.781 bits per heavy atom. The maximum atomic E-state index is 12.7. The molecule has 0 radical (unpaired) electrons. The Balaban J connectivity index is 1.63. The molecule has 0 aliphatic carbocycles. The monoisotopic (exact) mass is 430 g/mol. The van der Waals surface area contributed by atoms with E-state index in [1.54, 1.807) is 42.5 Å². The van der Waals surface area contributed by atoms with Crippen molar-refractivity contribution in [2.45, 2.75) is 39.5 Å². The number of hydrogen-bond donors (Lipinski definition) is 2. The van der Waals surface area contributed by atoms with Gasteiger partial charge in [0.25, 0.3) is 11.8 Å². The highest BCUT2D eigenvalue weighted by Gasteiger charge is 2.15. The zero-order chi connectivity index (χ0) is 23.1. The molecule has 0 fully saturated rings. The zero-order valence-corrected chi connectivity index (χ0v) is 19.1. The fourth-order valence-electron chi connectivity index (χ4n) is 3.15. The summed E-state index contributed by atoms with van der Waals surface area (Å²) < 4.78 is 5.67. The molecule has 3 rings (SSSR count). The number of carbonyl (C=O) groups excluding carboxylic acids is 2. The second-order valence-electron chi connectivity index (χ2n) is 8.66. The maximum absolute atomic E-state index is 12.7. The van der Waals surface area contributed by atoms with E-state index >= 15 is 0 Å². The summed E-state index contributed by atoms with van der Waals surface area (Å²) in [4.78, 5) is 25.2. The molecule has 0 saturated carbocycles. The molecule has 32 heavy (non-hydrogen) atoms. The minimum atomic E-state index is -0.243. The summed E-state index contributed by atoms with van der Waals surface area (Å²) in [7, 11) is 0. The third-order valence-electron chi connectivity index (χ3n) is 5.01. The third-order valence-corrected chi connectivity index (χ3v) is 5.01. The molecule has 0 bridgehead atoms. The Hall–Kier alpha value is -3.60. The third kappa shape index (κ3) is 5.97. The predicted molar refractivity (Wildman–Crippen MR) is 130 cm³/mol. The van der Waals surface area contributed by atoms with Crippen LogP contribution in [0.25, 0.3) is 0 Å². The van der Waals surface area contributed by atoms with E-state index in [2.05, 4.69) is 31.4 Å². The first-order valence-corrected chi connectivity index (χ1v) is 10.8. The molecule has 0 aliphatic heterocycles. The number of carbonyl (C=O) groups is 2. The second-order valence-corrected chi connectivity index (χ2v) is 8.66. The van der Waals surface area contributed by atoms with E-state index in [0.29, 0.717) is 34.9 Å². The lowest BCUT2D eigenvalue weighted by molar-refractivity contribution is 0.101. The standard InChI is InChI=1S/C27H30N2O3/c1-5-18-32-24-9-7-6-8-23(24)26(31)29-22-16-14-21(15-17-22)28-25(30)19-10-12-20(13-11-19)27(2,3)4/h6-17H,5,18H2,1-4H3,(H,28,30)(H,29,31). The van der Waals surface area contributed by atoms with E-state index < -0.39 is 0 Å². The molecule has 5 heteroatoms. The van der Waals surface area contributed by atoms with Crippen LogP contribution in [-0.4, -0.2) is 18.4 Å². The van der Waals surface area contributed by atoms with Gasteiger partial charge in [0.2, 0.25) is 0 Å². The van der Waals surface area contributed by atoms with E-state index in [1.165, 1.54) is 5.56 Å². The van der Waals surface area contributed by atoms with Crippen molar-refractivity contribution in [3.8, 4) is 5.75 Å².